The summed E-state index contributed by atoms with van der Waals surface area (Å²) in [7, 11) is 1.59. The Morgan fingerprint density at radius 1 is 1.14 bits per heavy atom. The maximum absolute atomic E-state index is 15.2. The first-order valence-electron chi connectivity index (χ1n) is 13.9. The molecule has 2 aromatic heterocycles. The van der Waals surface area contributed by atoms with Crippen molar-refractivity contribution in [1.82, 2.24) is 24.8 Å². The lowest BCUT2D eigenvalue weighted by molar-refractivity contribution is -0.126. The molecule has 5 rings (SSSR count). The molecule has 0 aliphatic carbocycles. The predicted octanol–water partition coefficient (Wildman–Crippen LogP) is 4.79. The highest BCUT2D eigenvalue weighted by Crippen LogP contribution is 2.35. The first kappa shape index (κ1) is 29.9. The van der Waals surface area contributed by atoms with Crippen LogP contribution in [0.4, 0.5) is 27.3 Å². The van der Waals surface area contributed by atoms with E-state index in [0.29, 0.717) is 47.1 Å². The quantitative estimate of drug-likeness (QED) is 0.132. The fourth-order valence-electron chi connectivity index (χ4n) is 4.67. The number of methoxy groups -OCH3 is 1. The molecule has 4 aromatic rings. The summed E-state index contributed by atoms with van der Waals surface area (Å²) >= 11 is 0. The van der Waals surface area contributed by atoms with E-state index in [1.807, 2.05) is 6.07 Å². The number of ether oxygens (including phenoxy) is 2. The number of halogens is 1. The number of aryl methyl sites for hydroxylation is 1. The first-order valence-corrected chi connectivity index (χ1v) is 13.9. The molecule has 0 unspecified atom stereocenters. The topological polar surface area (TPSA) is 153 Å². The second-order valence-electron chi connectivity index (χ2n) is 9.94. The molecule has 3 heterocycles. The van der Waals surface area contributed by atoms with E-state index in [0.717, 1.165) is 18.5 Å². The molecule has 4 N–H and O–H groups in total. The van der Waals surface area contributed by atoms with E-state index >= 15 is 4.39 Å². The zero-order chi connectivity index (χ0) is 31.1. The second kappa shape index (κ2) is 13.6. The Balaban J connectivity index is 1.29. The Labute approximate surface area is 253 Å². The van der Waals surface area contributed by atoms with Gasteiger partial charge < -0.3 is 30.7 Å². The molecular weight excluding hydrogens is 565 g/mol. The molecule has 0 bridgehead atoms. The molecule has 0 spiro atoms. The molecule has 1 amide bonds. The van der Waals surface area contributed by atoms with Crippen molar-refractivity contribution in [3.63, 3.8) is 0 Å². The smallest absolute Gasteiger partial charge is 0.245 e. The number of hydrogen-bond acceptors (Lipinski definition) is 11. The van der Waals surface area contributed by atoms with E-state index in [9.17, 15) is 4.79 Å². The average molecular weight is 598 g/mol. The number of amides is 1. The van der Waals surface area contributed by atoms with Gasteiger partial charge in [-0.1, -0.05) is 6.58 Å². The molecule has 226 valence electrons. The van der Waals surface area contributed by atoms with Crippen LogP contribution < -0.4 is 25.8 Å². The van der Waals surface area contributed by atoms with Crippen LogP contribution in [0.3, 0.4) is 0 Å². The Kier molecular flexibility index (Phi) is 9.23. The zero-order valence-electron chi connectivity index (χ0n) is 24.3. The van der Waals surface area contributed by atoms with Crippen molar-refractivity contribution in [2.24, 2.45) is 10.7 Å². The monoisotopic (exact) mass is 597 g/mol. The van der Waals surface area contributed by atoms with E-state index in [4.69, 9.17) is 15.2 Å². The molecule has 13 heteroatoms. The van der Waals surface area contributed by atoms with Crippen LogP contribution >= 0.6 is 0 Å². The van der Waals surface area contributed by atoms with Crippen LogP contribution in [0.5, 0.6) is 11.5 Å². The summed E-state index contributed by atoms with van der Waals surface area (Å²) in [6.07, 6.45) is 10.3. The number of piperidine rings is 1. The molecule has 0 radical (unpaired) electrons. The van der Waals surface area contributed by atoms with Crippen LogP contribution in [0.15, 0.2) is 78.7 Å². The van der Waals surface area contributed by atoms with Gasteiger partial charge in [-0.05, 0) is 44.0 Å². The van der Waals surface area contributed by atoms with Crippen molar-refractivity contribution in [1.29, 1.82) is 0 Å². The van der Waals surface area contributed by atoms with Crippen molar-refractivity contribution < 1.29 is 18.7 Å². The molecule has 1 aliphatic rings. The number of anilines is 3. The number of hydrogen-bond donors (Lipinski definition) is 3. The third-order valence-corrected chi connectivity index (χ3v) is 6.96. The van der Waals surface area contributed by atoms with Gasteiger partial charge in [0.05, 0.1) is 42.1 Å². The van der Waals surface area contributed by atoms with Gasteiger partial charge in [-0.15, -0.1) is 0 Å². The Morgan fingerprint density at radius 2 is 1.91 bits per heavy atom. The van der Waals surface area contributed by atoms with Crippen LogP contribution in [-0.4, -0.2) is 63.2 Å². The first-order chi connectivity index (χ1) is 21.3. The third kappa shape index (κ3) is 7.24. The van der Waals surface area contributed by atoms with Crippen LogP contribution in [0.25, 0.3) is 10.9 Å². The van der Waals surface area contributed by atoms with Crippen molar-refractivity contribution in [2.45, 2.75) is 25.8 Å². The van der Waals surface area contributed by atoms with E-state index < -0.39 is 5.82 Å². The van der Waals surface area contributed by atoms with Crippen molar-refractivity contribution in [3.05, 3.63) is 85.3 Å². The molecule has 0 atom stereocenters. The lowest BCUT2D eigenvalue weighted by Crippen LogP contribution is -2.41. The summed E-state index contributed by atoms with van der Waals surface area (Å²) < 4.78 is 26.3. The fourth-order valence-corrected chi connectivity index (χ4v) is 4.67. The van der Waals surface area contributed by atoms with Gasteiger partial charge in [0, 0.05) is 48.9 Å². The number of carbonyl (C=O) groups is 1. The van der Waals surface area contributed by atoms with Crippen molar-refractivity contribution >= 4 is 45.9 Å². The van der Waals surface area contributed by atoms with E-state index in [-0.39, 0.29) is 29.3 Å². The largest absolute Gasteiger partial charge is 0.495 e. The zero-order valence-corrected chi connectivity index (χ0v) is 24.3. The highest BCUT2D eigenvalue weighted by molar-refractivity contribution is 5.95. The van der Waals surface area contributed by atoms with Gasteiger partial charge in [-0.25, -0.2) is 24.3 Å². The number of nitrogens with one attached hydrogen (secondary N) is 2. The summed E-state index contributed by atoms with van der Waals surface area (Å²) in [4.78, 5) is 34.8. The molecule has 0 saturated carbocycles. The molecular formula is C31H32FN9O3. The highest BCUT2D eigenvalue weighted by Gasteiger charge is 2.22. The van der Waals surface area contributed by atoms with Crippen LogP contribution in [0, 0.1) is 12.7 Å². The molecule has 1 aliphatic heterocycles. The Morgan fingerprint density at radius 3 is 2.61 bits per heavy atom. The van der Waals surface area contributed by atoms with Gasteiger partial charge in [0.2, 0.25) is 5.91 Å². The van der Waals surface area contributed by atoms with Crippen LogP contribution in [-0.2, 0) is 4.79 Å². The summed E-state index contributed by atoms with van der Waals surface area (Å²) in [6.45, 7) is 6.61. The SMILES string of the molecule is C=CC(=O)N1CCC(Nc2cc3c(Nc4ccc(O/C(N)=C/C=Nc5cnc(C)nc5)cc4F)ncnc3cc2OC)CC1. The minimum atomic E-state index is -0.569. The number of likely N-dealkylation sites (tertiary alicyclic amines) is 1. The number of aromatic nitrogens is 4. The van der Waals surface area contributed by atoms with Gasteiger partial charge in [-0.2, -0.15) is 0 Å². The number of carbonyl (C=O) groups excluding carboxylic acids is 1. The molecule has 1 fully saturated rings. The van der Waals surface area contributed by atoms with Gasteiger partial charge in [0.25, 0.3) is 0 Å². The summed E-state index contributed by atoms with van der Waals surface area (Å²) in [6, 6.07) is 8.15. The fraction of sp³-hybridized carbons (Fsp3) is 0.226. The minimum absolute atomic E-state index is 0.0237. The Hall–Kier alpha value is -5.59. The summed E-state index contributed by atoms with van der Waals surface area (Å²) in [5.74, 6) is 1.27. The van der Waals surface area contributed by atoms with E-state index in [1.165, 1.54) is 36.8 Å². The van der Waals surface area contributed by atoms with Crippen molar-refractivity contribution in [3.8, 4) is 11.5 Å². The van der Waals surface area contributed by atoms with Gasteiger partial charge in [0.15, 0.2) is 5.88 Å². The normalized spacial score (nSPS) is 14.1. The highest BCUT2D eigenvalue weighted by atomic mass is 19.1. The number of benzene rings is 2. The number of rotatable bonds is 10. The number of fused-ring (bicyclic) bond motifs is 1. The lowest BCUT2D eigenvalue weighted by Gasteiger charge is -2.32. The van der Waals surface area contributed by atoms with Gasteiger partial charge in [0.1, 0.15) is 35.3 Å². The number of nitrogens with two attached hydrogens (primary N) is 1. The van der Waals surface area contributed by atoms with Crippen LogP contribution in [0.1, 0.15) is 18.7 Å². The predicted molar refractivity (Wildman–Crippen MR) is 167 cm³/mol. The standard InChI is InChI=1S/C31H32FN9O3/c1-4-30(42)41-11-8-20(9-12-41)39-27-14-23-26(15-28(27)43-3)37-18-38-31(23)40-25-6-5-22(13-24(25)32)44-29(33)7-10-34-21-16-35-19(2)36-17-21/h4-7,10,13-18,20,39H,1,8-9,11-12,33H2,2-3H3,(H,37,38,40)/b29-7+,34-10?. The lowest BCUT2D eigenvalue weighted by atomic mass is 10.0. The molecule has 1 saturated heterocycles. The minimum Gasteiger partial charge on any atom is -0.495 e. The second-order valence-corrected chi connectivity index (χ2v) is 9.94. The summed E-state index contributed by atoms with van der Waals surface area (Å²) in [5.41, 5.74) is 8.03. The number of aliphatic imine (C=N–C) groups is 1. The average Bonchev–Trinajstić information content (AvgIpc) is 3.03. The van der Waals surface area contributed by atoms with E-state index in [2.05, 4.69) is 42.1 Å². The van der Waals surface area contributed by atoms with E-state index in [1.54, 1.807) is 43.5 Å². The molecule has 44 heavy (non-hydrogen) atoms. The molecule has 2 aromatic carbocycles. The number of nitrogens with zero attached hydrogens (tertiary/aromatic N) is 6. The van der Waals surface area contributed by atoms with Crippen LogP contribution in [0.2, 0.25) is 0 Å². The summed E-state index contributed by atoms with van der Waals surface area (Å²) in [5, 5.41) is 7.26. The van der Waals surface area contributed by atoms with Gasteiger partial charge >= 0.3 is 0 Å². The number of allylic oxidation sites excluding steroid dienone is 1. The Bertz CT molecular complexity index is 1720. The molecule has 12 nitrogen and oxygen atoms in total. The maximum Gasteiger partial charge on any atom is 0.245 e. The third-order valence-electron chi connectivity index (χ3n) is 6.96. The van der Waals surface area contributed by atoms with Gasteiger partial charge in [-0.3, -0.25) is 9.79 Å². The maximum atomic E-state index is 15.2. The van der Waals surface area contributed by atoms with Crippen molar-refractivity contribution in [2.75, 3.05) is 30.8 Å².